The minimum atomic E-state index is -0.498. The summed E-state index contributed by atoms with van der Waals surface area (Å²) in [6, 6.07) is 10.1. The lowest BCUT2D eigenvalue weighted by atomic mass is 9.90. The Bertz CT molecular complexity index is 462. The third-order valence-electron chi connectivity index (χ3n) is 3.24. The van der Waals surface area contributed by atoms with Gasteiger partial charge >= 0.3 is 6.09 Å². The normalized spacial score (nSPS) is 20.9. The van der Waals surface area contributed by atoms with Crippen molar-refractivity contribution in [3.05, 3.63) is 35.9 Å². The van der Waals surface area contributed by atoms with E-state index in [1.165, 1.54) is 5.56 Å². The molecule has 4 nitrogen and oxygen atoms in total. The first-order chi connectivity index (χ1) is 9.28. The first kappa shape index (κ1) is 14.9. The number of carbonyl (C=O) groups excluding carboxylic acids is 1. The van der Waals surface area contributed by atoms with Crippen molar-refractivity contribution in [3.63, 3.8) is 0 Å². The van der Waals surface area contributed by atoms with Crippen LogP contribution in [0.15, 0.2) is 30.3 Å². The fourth-order valence-electron chi connectivity index (χ4n) is 2.21. The average molecular weight is 277 g/mol. The molecule has 0 bridgehead atoms. The van der Waals surface area contributed by atoms with Gasteiger partial charge in [-0.25, -0.2) is 4.79 Å². The molecule has 1 aromatic rings. The molecule has 1 aromatic carbocycles. The SMILES string of the molecule is CC(C)(C)OC(=O)NC(C)(Cc1ccccc1)[C@@H]1CO1. The monoisotopic (exact) mass is 277 g/mol. The number of benzene rings is 1. The fourth-order valence-corrected chi connectivity index (χ4v) is 2.21. The molecule has 1 unspecified atom stereocenters. The summed E-state index contributed by atoms with van der Waals surface area (Å²) in [5.41, 5.74) is 0.229. The molecule has 1 heterocycles. The maximum atomic E-state index is 12.0. The van der Waals surface area contributed by atoms with Crippen LogP contribution in [0.5, 0.6) is 0 Å². The molecular weight excluding hydrogens is 254 g/mol. The van der Waals surface area contributed by atoms with E-state index in [1.807, 2.05) is 45.9 Å². The summed E-state index contributed by atoms with van der Waals surface area (Å²) in [6.45, 7) is 8.25. The average Bonchev–Trinajstić information content (AvgIpc) is 3.10. The Morgan fingerprint density at radius 3 is 2.40 bits per heavy atom. The molecule has 1 saturated heterocycles. The lowest BCUT2D eigenvalue weighted by molar-refractivity contribution is 0.0443. The van der Waals surface area contributed by atoms with Crippen LogP contribution < -0.4 is 5.32 Å². The van der Waals surface area contributed by atoms with Crippen molar-refractivity contribution in [2.24, 2.45) is 0 Å². The molecule has 0 aliphatic carbocycles. The predicted molar refractivity (Wildman–Crippen MR) is 77.7 cm³/mol. The number of epoxide rings is 1. The highest BCUT2D eigenvalue weighted by Gasteiger charge is 2.45. The minimum absolute atomic E-state index is 0.0511. The summed E-state index contributed by atoms with van der Waals surface area (Å²) < 4.78 is 10.8. The van der Waals surface area contributed by atoms with Crippen LogP contribution in [0.4, 0.5) is 4.79 Å². The van der Waals surface area contributed by atoms with Gasteiger partial charge < -0.3 is 14.8 Å². The van der Waals surface area contributed by atoms with E-state index in [1.54, 1.807) is 0 Å². The van der Waals surface area contributed by atoms with Crippen LogP contribution in [-0.4, -0.2) is 29.9 Å². The molecule has 0 saturated carbocycles. The number of nitrogens with one attached hydrogen (secondary N) is 1. The molecular formula is C16H23NO3. The zero-order valence-electron chi connectivity index (χ0n) is 12.6. The van der Waals surface area contributed by atoms with E-state index < -0.39 is 17.2 Å². The molecule has 4 heteroatoms. The molecule has 2 rings (SSSR count). The van der Waals surface area contributed by atoms with Gasteiger partial charge in [-0.05, 0) is 39.7 Å². The molecule has 1 amide bonds. The lowest BCUT2D eigenvalue weighted by Gasteiger charge is -2.31. The third-order valence-corrected chi connectivity index (χ3v) is 3.24. The van der Waals surface area contributed by atoms with Gasteiger partial charge in [0.1, 0.15) is 11.7 Å². The zero-order valence-corrected chi connectivity index (χ0v) is 12.6. The minimum Gasteiger partial charge on any atom is -0.444 e. The Morgan fingerprint density at radius 1 is 1.30 bits per heavy atom. The third kappa shape index (κ3) is 4.23. The number of carbonyl (C=O) groups is 1. The Kier molecular flexibility index (Phi) is 4.04. The van der Waals surface area contributed by atoms with Crippen LogP contribution in [-0.2, 0) is 15.9 Å². The quantitative estimate of drug-likeness (QED) is 0.861. The molecule has 1 aliphatic heterocycles. The molecule has 2 atom stereocenters. The maximum absolute atomic E-state index is 12.0. The highest BCUT2D eigenvalue weighted by molar-refractivity contribution is 5.69. The Balaban J connectivity index is 2.04. The molecule has 0 aromatic heterocycles. The van der Waals surface area contributed by atoms with Crippen LogP contribution in [0.25, 0.3) is 0 Å². The van der Waals surface area contributed by atoms with E-state index in [0.717, 1.165) is 6.42 Å². The molecule has 0 radical (unpaired) electrons. The van der Waals surface area contributed by atoms with Crippen LogP contribution in [0.3, 0.4) is 0 Å². The number of hydrogen-bond donors (Lipinski definition) is 1. The number of hydrogen-bond acceptors (Lipinski definition) is 3. The van der Waals surface area contributed by atoms with Crippen molar-refractivity contribution >= 4 is 6.09 Å². The number of amides is 1. The van der Waals surface area contributed by atoms with Crippen molar-refractivity contribution in [2.45, 2.75) is 51.4 Å². The molecule has 1 aliphatic rings. The van der Waals surface area contributed by atoms with E-state index in [9.17, 15) is 4.79 Å². The summed E-state index contributed by atoms with van der Waals surface area (Å²) in [4.78, 5) is 12.0. The van der Waals surface area contributed by atoms with Gasteiger partial charge in [0.05, 0.1) is 12.1 Å². The summed E-state index contributed by atoms with van der Waals surface area (Å²) in [6.07, 6.45) is 0.374. The van der Waals surface area contributed by atoms with Crippen molar-refractivity contribution in [3.8, 4) is 0 Å². The molecule has 20 heavy (non-hydrogen) atoms. The number of ether oxygens (including phenoxy) is 2. The molecule has 110 valence electrons. The van der Waals surface area contributed by atoms with Crippen LogP contribution in [0.2, 0.25) is 0 Å². The predicted octanol–water partition coefficient (Wildman–Crippen LogP) is 2.91. The Labute approximate surface area is 120 Å². The molecule has 1 N–H and O–H groups in total. The molecule has 0 spiro atoms. The number of rotatable bonds is 4. The summed E-state index contributed by atoms with van der Waals surface area (Å²) in [5, 5.41) is 2.97. The summed E-state index contributed by atoms with van der Waals surface area (Å²) >= 11 is 0. The van der Waals surface area contributed by atoms with E-state index in [2.05, 4.69) is 17.4 Å². The highest BCUT2D eigenvalue weighted by atomic mass is 16.6. The van der Waals surface area contributed by atoms with Crippen LogP contribution in [0, 0.1) is 0 Å². The van der Waals surface area contributed by atoms with Crippen LogP contribution in [0.1, 0.15) is 33.3 Å². The van der Waals surface area contributed by atoms with Gasteiger partial charge in [-0.2, -0.15) is 0 Å². The lowest BCUT2D eigenvalue weighted by Crippen LogP contribution is -2.53. The standard InChI is InChI=1S/C16H23NO3/c1-15(2,3)20-14(18)17-16(4,13-11-19-13)10-12-8-6-5-7-9-12/h5-9,13H,10-11H2,1-4H3,(H,17,18)/t13-,16?/m0/s1. The van der Waals surface area contributed by atoms with Crippen LogP contribution >= 0.6 is 0 Å². The molecule has 1 fully saturated rings. The second kappa shape index (κ2) is 5.44. The van der Waals surface area contributed by atoms with Gasteiger partial charge in [-0.15, -0.1) is 0 Å². The summed E-state index contributed by atoms with van der Waals surface area (Å²) in [7, 11) is 0. The van der Waals surface area contributed by atoms with Gasteiger partial charge in [-0.1, -0.05) is 30.3 Å². The first-order valence-corrected chi connectivity index (χ1v) is 6.95. The second-order valence-electron chi connectivity index (χ2n) is 6.53. The Morgan fingerprint density at radius 2 is 1.90 bits per heavy atom. The zero-order chi connectivity index (χ0) is 14.8. The van der Waals surface area contributed by atoms with Crippen molar-refractivity contribution in [1.29, 1.82) is 0 Å². The largest absolute Gasteiger partial charge is 0.444 e. The smallest absolute Gasteiger partial charge is 0.408 e. The highest BCUT2D eigenvalue weighted by Crippen LogP contribution is 2.28. The van der Waals surface area contributed by atoms with E-state index in [4.69, 9.17) is 9.47 Å². The maximum Gasteiger partial charge on any atom is 0.408 e. The van der Waals surface area contributed by atoms with Crippen molar-refractivity contribution < 1.29 is 14.3 Å². The van der Waals surface area contributed by atoms with Crippen molar-refractivity contribution in [1.82, 2.24) is 5.32 Å². The van der Waals surface area contributed by atoms with E-state index >= 15 is 0 Å². The van der Waals surface area contributed by atoms with Gasteiger partial charge in [0, 0.05) is 0 Å². The van der Waals surface area contributed by atoms with Crippen molar-refractivity contribution in [2.75, 3.05) is 6.61 Å². The Hall–Kier alpha value is -1.55. The second-order valence-corrected chi connectivity index (χ2v) is 6.53. The van der Waals surface area contributed by atoms with E-state index in [-0.39, 0.29) is 6.10 Å². The number of alkyl carbamates (subject to hydrolysis) is 1. The van der Waals surface area contributed by atoms with Gasteiger partial charge in [-0.3, -0.25) is 0 Å². The topological polar surface area (TPSA) is 50.9 Å². The first-order valence-electron chi connectivity index (χ1n) is 6.95. The van der Waals surface area contributed by atoms with Gasteiger partial charge in [0.15, 0.2) is 0 Å². The van der Waals surface area contributed by atoms with Gasteiger partial charge in [0.2, 0.25) is 0 Å². The fraction of sp³-hybridized carbons (Fsp3) is 0.562. The van der Waals surface area contributed by atoms with E-state index in [0.29, 0.717) is 6.61 Å². The van der Waals surface area contributed by atoms with Gasteiger partial charge in [0.25, 0.3) is 0 Å². The summed E-state index contributed by atoms with van der Waals surface area (Å²) in [5.74, 6) is 0.